The number of carbonyl (C=O) groups is 1. The fourth-order valence-corrected chi connectivity index (χ4v) is 2.65. The van der Waals surface area contributed by atoms with Gasteiger partial charge in [-0.25, -0.2) is 0 Å². The van der Waals surface area contributed by atoms with E-state index in [9.17, 15) is 9.59 Å². The van der Waals surface area contributed by atoms with E-state index in [1.54, 1.807) is 6.92 Å². The van der Waals surface area contributed by atoms with Crippen LogP contribution >= 0.6 is 0 Å². The number of hydrogen-bond acceptors (Lipinski definition) is 3. The lowest BCUT2D eigenvalue weighted by Crippen LogP contribution is -2.31. The number of carbonyl (C=O) groups excluding carboxylic acids is 1. The molecule has 0 bridgehead atoms. The predicted molar refractivity (Wildman–Crippen MR) is 101 cm³/mol. The third-order valence-electron chi connectivity index (χ3n) is 4.01. The molecule has 1 atom stereocenters. The molecule has 132 valence electrons. The lowest BCUT2D eigenvalue weighted by Gasteiger charge is -2.18. The Bertz CT molecular complexity index is 964. The first kappa shape index (κ1) is 17.5. The molecule has 5 heteroatoms. The summed E-state index contributed by atoms with van der Waals surface area (Å²) in [5.41, 5.74) is 1.32. The van der Waals surface area contributed by atoms with Crippen LogP contribution in [-0.2, 0) is 0 Å². The van der Waals surface area contributed by atoms with Crippen molar-refractivity contribution < 1.29 is 9.53 Å². The van der Waals surface area contributed by atoms with Crippen molar-refractivity contribution in [3.05, 3.63) is 93.9 Å². The lowest BCUT2D eigenvalue weighted by atomic mass is 10.1. The summed E-state index contributed by atoms with van der Waals surface area (Å²) in [4.78, 5) is 27.4. The fourth-order valence-electron chi connectivity index (χ4n) is 2.65. The molecule has 0 radical (unpaired) electrons. The zero-order valence-electron chi connectivity index (χ0n) is 14.7. The average molecular weight is 348 g/mol. The summed E-state index contributed by atoms with van der Waals surface area (Å²) in [5.74, 6) is 0.950. The molecule has 3 rings (SSSR count). The highest BCUT2D eigenvalue weighted by Crippen LogP contribution is 2.29. The van der Waals surface area contributed by atoms with Crippen molar-refractivity contribution in [3.8, 4) is 11.5 Å². The van der Waals surface area contributed by atoms with E-state index in [0.717, 1.165) is 5.56 Å². The molecule has 1 heterocycles. The topological polar surface area (TPSA) is 71.2 Å². The first-order valence-electron chi connectivity index (χ1n) is 8.36. The van der Waals surface area contributed by atoms with Crippen LogP contribution in [0.25, 0.3) is 0 Å². The van der Waals surface area contributed by atoms with Gasteiger partial charge in [-0.3, -0.25) is 9.59 Å². The molecule has 0 aliphatic rings. The number of aryl methyl sites for hydroxylation is 1. The minimum absolute atomic E-state index is 0.0870. The standard InChI is InChI=1S/C21H20N2O3/c1-14-12-19(24)18(13-22-14)21(25)23-15(2)17-10-6-7-11-20(17)26-16-8-4-3-5-9-16/h3-13,15H,1-2H3,(H,22,24)(H,23,25)/t15-/m1/s1. The summed E-state index contributed by atoms with van der Waals surface area (Å²) < 4.78 is 5.94. The summed E-state index contributed by atoms with van der Waals surface area (Å²) in [7, 11) is 0. The number of para-hydroxylation sites is 2. The molecule has 5 nitrogen and oxygen atoms in total. The van der Waals surface area contributed by atoms with Gasteiger partial charge >= 0.3 is 0 Å². The molecule has 0 saturated carbocycles. The number of nitrogens with one attached hydrogen (secondary N) is 2. The van der Waals surface area contributed by atoms with E-state index in [1.165, 1.54) is 12.3 Å². The maximum absolute atomic E-state index is 12.5. The molecular weight excluding hydrogens is 328 g/mol. The van der Waals surface area contributed by atoms with Gasteiger partial charge in [0.05, 0.1) is 6.04 Å². The van der Waals surface area contributed by atoms with E-state index in [-0.39, 0.29) is 17.0 Å². The van der Waals surface area contributed by atoms with Crippen LogP contribution in [0.1, 0.15) is 34.6 Å². The number of rotatable bonds is 5. The molecule has 0 saturated heterocycles. The Balaban J connectivity index is 1.80. The molecular formula is C21H20N2O3. The number of H-pyrrole nitrogens is 1. The number of hydrogen-bond donors (Lipinski definition) is 2. The zero-order valence-corrected chi connectivity index (χ0v) is 14.7. The van der Waals surface area contributed by atoms with Crippen molar-refractivity contribution in [2.75, 3.05) is 0 Å². The Labute approximate surface area is 151 Å². The van der Waals surface area contributed by atoms with Crippen molar-refractivity contribution in [1.29, 1.82) is 0 Å². The van der Waals surface area contributed by atoms with Gasteiger partial charge in [-0.1, -0.05) is 36.4 Å². The second kappa shape index (κ2) is 7.70. The minimum atomic E-state index is -0.423. The van der Waals surface area contributed by atoms with Crippen LogP contribution in [0, 0.1) is 6.92 Å². The van der Waals surface area contributed by atoms with Crippen molar-refractivity contribution in [2.24, 2.45) is 0 Å². The number of amides is 1. The molecule has 0 unspecified atom stereocenters. The van der Waals surface area contributed by atoms with E-state index < -0.39 is 5.91 Å². The van der Waals surface area contributed by atoms with Crippen molar-refractivity contribution in [3.63, 3.8) is 0 Å². The highest BCUT2D eigenvalue weighted by molar-refractivity contribution is 5.94. The first-order valence-corrected chi connectivity index (χ1v) is 8.36. The van der Waals surface area contributed by atoms with Gasteiger partial charge in [0.25, 0.3) is 5.91 Å². The highest BCUT2D eigenvalue weighted by atomic mass is 16.5. The van der Waals surface area contributed by atoms with Gasteiger partial charge in [0, 0.05) is 23.5 Å². The van der Waals surface area contributed by atoms with Crippen LogP contribution in [-0.4, -0.2) is 10.9 Å². The lowest BCUT2D eigenvalue weighted by molar-refractivity contribution is 0.0938. The van der Waals surface area contributed by atoms with Gasteiger partial charge < -0.3 is 15.0 Å². The Morgan fingerprint density at radius 2 is 1.77 bits per heavy atom. The van der Waals surface area contributed by atoms with Gasteiger partial charge in [0.1, 0.15) is 17.1 Å². The number of benzene rings is 2. The van der Waals surface area contributed by atoms with Crippen LogP contribution in [0.5, 0.6) is 11.5 Å². The van der Waals surface area contributed by atoms with Gasteiger partial charge in [-0.2, -0.15) is 0 Å². The first-order chi connectivity index (χ1) is 12.5. The average Bonchev–Trinajstić information content (AvgIpc) is 2.62. The Hall–Kier alpha value is -3.34. The maximum Gasteiger partial charge on any atom is 0.257 e. The summed E-state index contributed by atoms with van der Waals surface area (Å²) in [6, 6.07) is 18.0. The summed E-state index contributed by atoms with van der Waals surface area (Å²) in [5, 5.41) is 2.86. The second-order valence-corrected chi connectivity index (χ2v) is 6.04. The van der Waals surface area contributed by atoms with E-state index in [0.29, 0.717) is 17.2 Å². The van der Waals surface area contributed by atoms with Crippen molar-refractivity contribution >= 4 is 5.91 Å². The van der Waals surface area contributed by atoms with E-state index >= 15 is 0 Å². The van der Waals surface area contributed by atoms with E-state index in [4.69, 9.17) is 4.74 Å². The molecule has 1 amide bonds. The van der Waals surface area contributed by atoms with Crippen LogP contribution in [0.15, 0.2) is 71.7 Å². The molecule has 1 aromatic heterocycles. The fraction of sp³-hybridized carbons (Fsp3) is 0.143. The quantitative estimate of drug-likeness (QED) is 0.733. The molecule has 2 aromatic carbocycles. The summed E-state index contributed by atoms with van der Waals surface area (Å²) in [6.45, 7) is 3.62. The van der Waals surface area contributed by atoms with Gasteiger partial charge in [0.15, 0.2) is 5.43 Å². The summed E-state index contributed by atoms with van der Waals surface area (Å²) in [6.07, 6.45) is 1.44. The van der Waals surface area contributed by atoms with Crippen LogP contribution in [0.4, 0.5) is 0 Å². The third-order valence-corrected chi connectivity index (χ3v) is 4.01. The zero-order chi connectivity index (χ0) is 18.5. The van der Waals surface area contributed by atoms with Crippen LogP contribution < -0.4 is 15.5 Å². The number of pyridine rings is 1. The number of aromatic amines is 1. The Kier molecular flexibility index (Phi) is 5.17. The molecule has 3 aromatic rings. The van der Waals surface area contributed by atoms with Crippen LogP contribution in [0.2, 0.25) is 0 Å². The Morgan fingerprint density at radius 1 is 1.08 bits per heavy atom. The van der Waals surface area contributed by atoms with Crippen molar-refractivity contribution in [2.45, 2.75) is 19.9 Å². The second-order valence-electron chi connectivity index (χ2n) is 6.04. The summed E-state index contributed by atoms with van der Waals surface area (Å²) >= 11 is 0. The highest BCUT2D eigenvalue weighted by Gasteiger charge is 2.17. The predicted octanol–water partition coefficient (Wildman–Crippen LogP) is 3.97. The molecule has 0 spiro atoms. The maximum atomic E-state index is 12.5. The van der Waals surface area contributed by atoms with Crippen molar-refractivity contribution in [1.82, 2.24) is 10.3 Å². The number of ether oxygens (including phenoxy) is 1. The Morgan fingerprint density at radius 3 is 2.50 bits per heavy atom. The SMILES string of the molecule is Cc1cc(=O)c(C(=O)N[C@H](C)c2ccccc2Oc2ccccc2)c[nH]1. The normalized spacial score (nSPS) is 11.6. The largest absolute Gasteiger partial charge is 0.457 e. The molecule has 0 fully saturated rings. The van der Waals surface area contributed by atoms with Gasteiger partial charge in [0.2, 0.25) is 0 Å². The van der Waals surface area contributed by atoms with Gasteiger partial charge in [-0.15, -0.1) is 0 Å². The van der Waals surface area contributed by atoms with Gasteiger partial charge in [-0.05, 0) is 32.0 Å². The molecule has 0 aliphatic carbocycles. The molecule has 26 heavy (non-hydrogen) atoms. The molecule has 0 aliphatic heterocycles. The smallest absolute Gasteiger partial charge is 0.257 e. The third kappa shape index (κ3) is 4.00. The minimum Gasteiger partial charge on any atom is -0.457 e. The molecule has 2 N–H and O–H groups in total. The van der Waals surface area contributed by atoms with E-state index in [2.05, 4.69) is 10.3 Å². The van der Waals surface area contributed by atoms with Crippen LogP contribution in [0.3, 0.4) is 0 Å². The monoisotopic (exact) mass is 348 g/mol. The number of aromatic nitrogens is 1. The van der Waals surface area contributed by atoms with E-state index in [1.807, 2.05) is 61.5 Å².